The Morgan fingerprint density at radius 1 is 1.75 bits per heavy atom. The third kappa shape index (κ3) is 1.58. The smallest absolute Gasteiger partial charge is 0.0684 e. The van der Waals surface area contributed by atoms with Crippen LogP contribution in [0.15, 0.2) is 6.20 Å². The maximum atomic E-state index is 7.58. The van der Waals surface area contributed by atoms with Crippen molar-refractivity contribution in [3.8, 4) is 0 Å². The van der Waals surface area contributed by atoms with Gasteiger partial charge in [-0.15, -0.1) is 0 Å². The second-order valence-electron chi connectivity index (χ2n) is 2.69. The average molecular weight is 164 g/mol. The van der Waals surface area contributed by atoms with Crippen LogP contribution in [0.3, 0.4) is 0 Å². The van der Waals surface area contributed by atoms with Crippen LogP contribution >= 0.6 is 0 Å². The quantitative estimate of drug-likeness (QED) is 0.646. The van der Waals surface area contributed by atoms with Gasteiger partial charge in [0.05, 0.1) is 5.69 Å². The molecule has 64 valence electrons. The van der Waals surface area contributed by atoms with Gasteiger partial charge in [0.25, 0.3) is 0 Å². The molecule has 1 aromatic rings. The molecule has 0 spiro atoms. The minimum absolute atomic E-state index is 0.381. The lowest BCUT2D eigenvalue weighted by molar-refractivity contribution is 0.756. The van der Waals surface area contributed by atoms with E-state index in [2.05, 4.69) is 5.10 Å². The van der Waals surface area contributed by atoms with Crippen molar-refractivity contribution in [3.05, 3.63) is 17.5 Å². The van der Waals surface area contributed by atoms with E-state index in [9.17, 15) is 0 Å². The highest BCUT2D eigenvalue weighted by atomic mass is 15.2. The highest BCUT2D eigenvalue weighted by Crippen LogP contribution is 2.06. The van der Waals surface area contributed by atoms with E-state index in [-0.39, 0.29) is 0 Å². The normalized spacial score (nSPS) is 9.83. The summed E-state index contributed by atoms with van der Waals surface area (Å²) >= 11 is 0. The fourth-order valence-electron chi connectivity index (χ4n) is 1.11. The van der Waals surface area contributed by atoms with Crippen molar-refractivity contribution in [2.24, 2.45) is 7.05 Å². The molecule has 1 heterocycles. The van der Waals surface area contributed by atoms with Crippen molar-refractivity contribution in [1.29, 1.82) is 10.8 Å². The maximum absolute atomic E-state index is 7.58. The Morgan fingerprint density at radius 2 is 2.42 bits per heavy atom. The summed E-state index contributed by atoms with van der Waals surface area (Å²) in [5.41, 5.74) is 2.14. The molecule has 0 aliphatic heterocycles. The number of rotatable bonds is 3. The van der Waals surface area contributed by atoms with E-state index in [1.54, 1.807) is 10.9 Å². The Labute approximate surface area is 71.2 Å². The molecular formula is C8H12N4. The summed E-state index contributed by atoms with van der Waals surface area (Å²) in [6, 6.07) is 0. The second-order valence-corrected chi connectivity index (χ2v) is 2.69. The fraction of sp³-hybridized carbons (Fsp3) is 0.375. The standard InChI is InChI=1S/C8H12N4/c1-6-7(5-12(2)11-6)8(10)3-4-9/h4-5,9-10H,3H2,1-2H3. The van der Waals surface area contributed by atoms with Crippen LogP contribution in [0.4, 0.5) is 0 Å². The summed E-state index contributed by atoms with van der Waals surface area (Å²) in [5.74, 6) is 0. The zero-order valence-electron chi connectivity index (χ0n) is 7.26. The molecule has 1 rings (SSSR count). The van der Waals surface area contributed by atoms with Crippen molar-refractivity contribution < 1.29 is 0 Å². The molecule has 1 aromatic heterocycles. The first-order valence-corrected chi connectivity index (χ1v) is 3.72. The van der Waals surface area contributed by atoms with Gasteiger partial charge < -0.3 is 10.8 Å². The predicted molar refractivity (Wildman–Crippen MR) is 48.2 cm³/mol. The monoisotopic (exact) mass is 164 g/mol. The van der Waals surface area contributed by atoms with Gasteiger partial charge in [-0.2, -0.15) is 5.10 Å². The lowest BCUT2D eigenvalue weighted by atomic mass is 10.1. The zero-order chi connectivity index (χ0) is 9.14. The van der Waals surface area contributed by atoms with Gasteiger partial charge in [-0.1, -0.05) is 0 Å². The van der Waals surface area contributed by atoms with Gasteiger partial charge >= 0.3 is 0 Å². The molecule has 0 atom stereocenters. The second kappa shape index (κ2) is 3.30. The van der Waals surface area contributed by atoms with Crippen molar-refractivity contribution in [1.82, 2.24) is 9.78 Å². The summed E-state index contributed by atoms with van der Waals surface area (Å²) in [7, 11) is 1.83. The Hall–Kier alpha value is -1.45. The number of hydrogen-bond donors (Lipinski definition) is 2. The van der Waals surface area contributed by atoms with Gasteiger partial charge in [0, 0.05) is 37.2 Å². The largest absolute Gasteiger partial charge is 0.313 e. The molecule has 0 aromatic carbocycles. The zero-order valence-corrected chi connectivity index (χ0v) is 7.26. The van der Waals surface area contributed by atoms with E-state index < -0.39 is 0 Å². The highest BCUT2D eigenvalue weighted by molar-refractivity contribution is 6.05. The van der Waals surface area contributed by atoms with Crippen LogP contribution in [-0.4, -0.2) is 21.7 Å². The molecule has 0 saturated heterocycles. The van der Waals surface area contributed by atoms with Crippen LogP contribution in [-0.2, 0) is 7.05 Å². The highest BCUT2D eigenvalue weighted by Gasteiger charge is 2.06. The van der Waals surface area contributed by atoms with Gasteiger partial charge in [0.2, 0.25) is 0 Å². The van der Waals surface area contributed by atoms with Crippen LogP contribution in [0.1, 0.15) is 17.7 Å². The Kier molecular flexibility index (Phi) is 2.38. The minimum atomic E-state index is 0.381. The fourth-order valence-corrected chi connectivity index (χ4v) is 1.11. The van der Waals surface area contributed by atoms with Crippen LogP contribution < -0.4 is 0 Å². The number of nitrogens with zero attached hydrogens (tertiary/aromatic N) is 2. The molecule has 0 fully saturated rings. The summed E-state index contributed by atoms with van der Waals surface area (Å²) in [6.07, 6.45) is 3.42. The first-order valence-electron chi connectivity index (χ1n) is 3.72. The molecule has 0 amide bonds. The van der Waals surface area contributed by atoms with Crippen LogP contribution in [0.5, 0.6) is 0 Å². The molecule has 0 saturated carbocycles. The SMILES string of the molecule is Cc1nn(C)cc1C(=N)CC=N. The van der Waals surface area contributed by atoms with Crippen molar-refractivity contribution in [2.75, 3.05) is 0 Å². The number of nitrogens with one attached hydrogen (secondary N) is 2. The molecule has 0 aliphatic carbocycles. The lowest BCUT2D eigenvalue weighted by Gasteiger charge is -1.95. The molecule has 0 aliphatic rings. The first-order chi connectivity index (χ1) is 5.65. The summed E-state index contributed by atoms with van der Waals surface area (Å²) in [4.78, 5) is 0. The predicted octanol–water partition coefficient (Wildman–Crippen LogP) is 1.14. The van der Waals surface area contributed by atoms with E-state index in [1.807, 2.05) is 14.0 Å². The topological polar surface area (TPSA) is 65.5 Å². The van der Waals surface area contributed by atoms with Crippen molar-refractivity contribution in [2.45, 2.75) is 13.3 Å². The number of aromatic nitrogens is 2. The molecule has 4 heteroatoms. The Morgan fingerprint density at radius 3 is 2.83 bits per heavy atom. The van der Waals surface area contributed by atoms with Gasteiger partial charge in [0.15, 0.2) is 0 Å². The molecule has 0 bridgehead atoms. The first kappa shape index (κ1) is 8.64. The van der Waals surface area contributed by atoms with E-state index >= 15 is 0 Å². The van der Waals surface area contributed by atoms with Crippen molar-refractivity contribution >= 4 is 11.9 Å². The minimum Gasteiger partial charge on any atom is -0.313 e. The molecular weight excluding hydrogens is 152 g/mol. The third-order valence-electron chi connectivity index (χ3n) is 1.64. The Balaban J connectivity index is 2.94. The van der Waals surface area contributed by atoms with Gasteiger partial charge in [0.1, 0.15) is 0 Å². The van der Waals surface area contributed by atoms with E-state index in [0.717, 1.165) is 11.3 Å². The molecule has 2 N–H and O–H groups in total. The number of hydrogen-bond acceptors (Lipinski definition) is 3. The Bertz CT molecular complexity index is 311. The van der Waals surface area contributed by atoms with Crippen LogP contribution in [0, 0.1) is 17.7 Å². The molecule has 0 radical (unpaired) electrons. The summed E-state index contributed by atoms with van der Waals surface area (Å²) in [5, 5.41) is 18.6. The maximum Gasteiger partial charge on any atom is 0.0684 e. The van der Waals surface area contributed by atoms with E-state index in [0.29, 0.717) is 12.1 Å². The van der Waals surface area contributed by atoms with Gasteiger partial charge in [-0.05, 0) is 6.92 Å². The van der Waals surface area contributed by atoms with Crippen molar-refractivity contribution in [3.63, 3.8) is 0 Å². The lowest BCUT2D eigenvalue weighted by Crippen LogP contribution is -1.99. The molecule has 12 heavy (non-hydrogen) atoms. The van der Waals surface area contributed by atoms with Gasteiger partial charge in [-0.25, -0.2) is 0 Å². The van der Waals surface area contributed by atoms with Gasteiger partial charge in [-0.3, -0.25) is 4.68 Å². The summed E-state index contributed by atoms with van der Waals surface area (Å²) in [6.45, 7) is 1.87. The molecule has 4 nitrogen and oxygen atoms in total. The molecule has 0 unspecified atom stereocenters. The van der Waals surface area contributed by atoms with Crippen LogP contribution in [0.2, 0.25) is 0 Å². The van der Waals surface area contributed by atoms with E-state index in [1.165, 1.54) is 6.21 Å². The third-order valence-corrected chi connectivity index (χ3v) is 1.64. The number of aryl methyl sites for hydroxylation is 2. The average Bonchev–Trinajstić information content (AvgIpc) is 2.30. The van der Waals surface area contributed by atoms with Crippen LogP contribution in [0.25, 0.3) is 0 Å². The van der Waals surface area contributed by atoms with E-state index in [4.69, 9.17) is 10.8 Å². The summed E-state index contributed by atoms with van der Waals surface area (Å²) < 4.78 is 1.68.